The van der Waals surface area contributed by atoms with Gasteiger partial charge in [0.1, 0.15) is 5.75 Å². The minimum absolute atomic E-state index is 0.259. The number of rotatable bonds is 5. The van der Waals surface area contributed by atoms with Crippen LogP contribution in [0.5, 0.6) is 5.75 Å². The maximum Gasteiger partial charge on any atom is 0.122 e. The fourth-order valence-corrected chi connectivity index (χ4v) is 2.22. The first kappa shape index (κ1) is 12.4. The van der Waals surface area contributed by atoms with E-state index in [-0.39, 0.29) is 6.10 Å². The zero-order valence-electron chi connectivity index (χ0n) is 10.6. The van der Waals surface area contributed by atoms with E-state index >= 15 is 0 Å². The summed E-state index contributed by atoms with van der Waals surface area (Å²) in [5.74, 6) is 1.49. The van der Waals surface area contributed by atoms with E-state index in [2.05, 4.69) is 24.4 Å². The summed E-state index contributed by atoms with van der Waals surface area (Å²) in [4.78, 5) is 0. The molecule has 3 nitrogen and oxygen atoms in total. The van der Waals surface area contributed by atoms with E-state index in [0.29, 0.717) is 5.92 Å². The second-order valence-corrected chi connectivity index (χ2v) is 4.57. The lowest BCUT2D eigenvalue weighted by Gasteiger charge is -2.26. The van der Waals surface area contributed by atoms with Crippen LogP contribution in [-0.4, -0.2) is 32.9 Å². The Labute approximate surface area is 103 Å². The Morgan fingerprint density at radius 3 is 3.12 bits per heavy atom. The van der Waals surface area contributed by atoms with Crippen LogP contribution in [0.3, 0.4) is 0 Å². The van der Waals surface area contributed by atoms with Crippen molar-refractivity contribution in [1.82, 2.24) is 5.32 Å². The standard InChI is InChI=1S/C14H21NO2/c1-11(9-15-2)17-10-12-7-8-16-14-6-4-3-5-13(12)14/h3-6,11-12,15H,7-10H2,1-2H3. The monoisotopic (exact) mass is 235 g/mol. The highest BCUT2D eigenvalue weighted by atomic mass is 16.5. The van der Waals surface area contributed by atoms with Crippen LogP contribution < -0.4 is 10.1 Å². The Balaban J connectivity index is 1.94. The van der Waals surface area contributed by atoms with Gasteiger partial charge in [-0.1, -0.05) is 18.2 Å². The predicted octanol–water partition coefficient (Wildman–Crippen LogP) is 2.18. The van der Waals surface area contributed by atoms with Gasteiger partial charge in [0.25, 0.3) is 0 Å². The molecule has 0 bridgehead atoms. The molecule has 1 heterocycles. The van der Waals surface area contributed by atoms with Crippen molar-refractivity contribution in [3.8, 4) is 5.75 Å². The smallest absolute Gasteiger partial charge is 0.122 e. The Morgan fingerprint density at radius 2 is 2.29 bits per heavy atom. The van der Waals surface area contributed by atoms with E-state index in [4.69, 9.17) is 9.47 Å². The number of fused-ring (bicyclic) bond motifs is 1. The van der Waals surface area contributed by atoms with Gasteiger partial charge in [0.05, 0.1) is 19.3 Å². The average Bonchev–Trinajstić information content (AvgIpc) is 2.36. The molecule has 0 radical (unpaired) electrons. The van der Waals surface area contributed by atoms with Crippen LogP contribution in [-0.2, 0) is 4.74 Å². The van der Waals surface area contributed by atoms with Crippen molar-refractivity contribution in [2.75, 3.05) is 26.8 Å². The summed E-state index contributed by atoms with van der Waals surface area (Å²) >= 11 is 0. The number of para-hydroxylation sites is 1. The second-order valence-electron chi connectivity index (χ2n) is 4.57. The summed E-state index contributed by atoms with van der Waals surface area (Å²) in [5.41, 5.74) is 1.29. The lowest BCUT2D eigenvalue weighted by Crippen LogP contribution is -2.27. The molecular formula is C14H21NO2. The third-order valence-electron chi connectivity index (χ3n) is 3.16. The number of hydrogen-bond donors (Lipinski definition) is 1. The van der Waals surface area contributed by atoms with E-state index in [1.807, 2.05) is 19.2 Å². The number of likely N-dealkylation sites (N-methyl/N-ethyl adjacent to an activating group) is 1. The molecule has 2 rings (SSSR count). The molecule has 2 atom stereocenters. The molecule has 3 heteroatoms. The van der Waals surface area contributed by atoms with Crippen LogP contribution >= 0.6 is 0 Å². The number of hydrogen-bond acceptors (Lipinski definition) is 3. The summed E-state index contributed by atoms with van der Waals surface area (Å²) in [7, 11) is 1.95. The van der Waals surface area contributed by atoms with Crippen molar-refractivity contribution in [2.45, 2.75) is 25.4 Å². The molecule has 0 aromatic heterocycles. The van der Waals surface area contributed by atoms with Crippen molar-refractivity contribution in [1.29, 1.82) is 0 Å². The Bertz CT molecular complexity index is 354. The summed E-state index contributed by atoms with van der Waals surface area (Å²) in [6.45, 7) is 4.57. The SMILES string of the molecule is CNCC(C)OCC1CCOc2ccccc21. The number of ether oxygens (including phenoxy) is 2. The topological polar surface area (TPSA) is 30.5 Å². The van der Waals surface area contributed by atoms with E-state index < -0.39 is 0 Å². The fraction of sp³-hybridized carbons (Fsp3) is 0.571. The molecule has 0 saturated carbocycles. The Morgan fingerprint density at radius 1 is 1.47 bits per heavy atom. The first-order valence-corrected chi connectivity index (χ1v) is 6.29. The van der Waals surface area contributed by atoms with Crippen molar-refractivity contribution in [2.24, 2.45) is 0 Å². The third kappa shape index (κ3) is 3.20. The highest BCUT2D eigenvalue weighted by molar-refractivity contribution is 5.37. The Hall–Kier alpha value is -1.06. The third-order valence-corrected chi connectivity index (χ3v) is 3.16. The van der Waals surface area contributed by atoms with E-state index in [0.717, 1.165) is 31.9 Å². The van der Waals surface area contributed by atoms with Crippen LogP contribution in [0.2, 0.25) is 0 Å². The van der Waals surface area contributed by atoms with Gasteiger partial charge in [-0.25, -0.2) is 0 Å². The van der Waals surface area contributed by atoms with Crippen LogP contribution in [0.15, 0.2) is 24.3 Å². The zero-order valence-corrected chi connectivity index (χ0v) is 10.6. The molecule has 1 aliphatic heterocycles. The lowest BCUT2D eigenvalue weighted by molar-refractivity contribution is 0.0489. The molecule has 1 N–H and O–H groups in total. The molecule has 0 aliphatic carbocycles. The van der Waals surface area contributed by atoms with Gasteiger partial charge < -0.3 is 14.8 Å². The van der Waals surface area contributed by atoms with Crippen molar-refractivity contribution >= 4 is 0 Å². The van der Waals surface area contributed by atoms with Gasteiger partial charge in [0, 0.05) is 12.5 Å². The summed E-state index contributed by atoms with van der Waals surface area (Å²) in [6.07, 6.45) is 1.30. The molecule has 0 amide bonds. The highest BCUT2D eigenvalue weighted by Gasteiger charge is 2.21. The van der Waals surface area contributed by atoms with Gasteiger partial charge in [0.2, 0.25) is 0 Å². The van der Waals surface area contributed by atoms with E-state index in [9.17, 15) is 0 Å². The molecule has 1 aromatic carbocycles. The van der Waals surface area contributed by atoms with E-state index in [1.165, 1.54) is 5.56 Å². The van der Waals surface area contributed by atoms with Crippen molar-refractivity contribution in [3.63, 3.8) is 0 Å². The quantitative estimate of drug-likeness (QED) is 0.848. The first-order chi connectivity index (χ1) is 8.31. The first-order valence-electron chi connectivity index (χ1n) is 6.29. The molecule has 1 aromatic rings. The van der Waals surface area contributed by atoms with Crippen LogP contribution in [0.25, 0.3) is 0 Å². The summed E-state index contributed by atoms with van der Waals surface area (Å²) < 4.78 is 11.5. The minimum Gasteiger partial charge on any atom is -0.493 e. The summed E-state index contributed by atoms with van der Waals surface area (Å²) in [5, 5.41) is 3.12. The highest BCUT2D eigenvalue weighted by Crippen LogP contribution is 2.33. The van der Waals surface area contributed by atoms with Gasteiger partial charge in [-0.2, -0.15) is 0 Å². The molecule has 0 fully saturated rings. The lowest BCUT2D eigenvalue weighted by atomic mass is 9.94. The van der Waals surface area contributed by atoms with Crippen molar-refractivity contribution in [3.05, 3.63) is 29.8 Å². The second kappa shape index (κ2) is 6.03. The predicted molar refractivity (Wildman–Crippen MR) is 68.6 cm³/mol. The van der Waals surface area contributed by atoms with Gasteiger partial charge in [-0.05, 0) is 32.0 Å². The molecular weight excluding hydrogens is 214 g/mol. The number of benzene rings is 1. The molecule has 2 unspecified atom stereocenters. The molecule has 1 aliphatic rings. The summed E-state index contributed by atoms with van der Waals surface area (Å²) in [6, 6.07) is 8.27. The van der Waals surface area contributed by atoms with Crippen LogP contribution in [0, 0.1) is 0 Å². The fourth-order valence-electron chi connectivity index (χ4n) is 2.22. The van der Waals surface area contributed by atoms with Gasteiger partial charge in [-0.15, -0.1) is 0 Å². The van der Waals surface area contributed by atoms with Crippen LogP contribution in [0.1, 0.15) is 24.8 Å². The maximum atomic E-state index is 5.86. The minimum atomic E-state index is 0.259. The molecule has 0 spiro atoms. The van der Waals surface area contributed by atoms with Crippen LogP contribution in [0.4, 0.5) is 0 Å². The largest absolute Gasteiger partial charge is 0.493 e. The van der Waals surface area contributed by atoms with Gasteiger partial charge in [0.15, 0.2) is 0 Å². The normalized spacial score (nSPS) is 20.5. The molecule has 94 valence electrons. The molecule has 17 heavy (non-hydrogen) atoms. The van der Waals surface area contributed by atoms with E-state index in [1.54, 1.807) is 0 Å². The zero-order chi connectivity index (χ0) is 12.1. The maximum absolute atomic E-state index is 5.86. The van der Waals surface area contributed by atoms with Gasteiger partial charge in [-0.3, -0.25) is 0 Å². The molecule has 0 saturated heterocycles. The van der Waals surface area contributed by atoms with Crippen molar-refractivity contribution < 1.29 is 9.47 Å². The number of nitrogens with one attached hydrogen (secondary N) is 1. The van der Waals surface area contributed by atoms with Gasteiger partial charge >= 0.3 is 0 Å². The Kier molecular flexibility index (Phi) is 4.40. The average molecular weight is 235 g/mol.